The minimum absolute atomic E-state index is 0.482. The molecule has 0 aliphatic heterocycles. The molecule has 4 heteroatoms. The zero-order valence-corrected chi connectivity index (χ0v) is 10.5. The molecule has 18 heavy (non-hydrogen) atoms. The van der Waals surface area contributed by atoms with Crippen LogP contribution in [0.1, 0.15) is 11.3 Å². The maximum absolute atomic E-state index is 5.69. The fourth-order valence-electron chi connectivity index (χ4n) is 1.56. The van der Waals surface area contributed by atoms with Crippen molar-refractivity contribution in [2.24, 2.45) is 0 Å². The average Bonchev–Trinajstić information content (AvgIpc) is 2.40. The first-order valence-electron chi connectivity index (χ1n) is 5.67. The van der Waals surface area contributed by atoms with Gasteiger partial charge in [0, 0.05) is 6.07 Å². The molecule has 0 aliphatic rings. The van der Waals surface area contributed by atoms with E-state index in [1.165, 1.54) is 0 Å². The summed E-state index contributed by atoms with van der Waals surface area (Å²) < 4.78 is 10.8. The number of rotatable bonds is 4. The Morgan fingerprint density at radius 1 is 1.22 bits per heavy atom. The summed E-state index contributed by atoms with van der Waals surface area (Å²) in [5.74, 6) is 1.55. The van der Waals surface area contributed by atoms with Gasteiger partial charge in [-0.3, -0.25) is 4.98 Å². The molecule has 0 saturated carbocycles. The van der Waals surface area contributed by atoms with Gasteiger partial charge in [-0.2, -0.15) is 0 Å². The Morgan fingerprint density at radius 2 is 1.94 bits per heavy atom. The van der Waals surface area contributed by atoms with Gasteiger partial charge in [-0.15, -0.1) is 0 Å². The van der Waals surface area contributed by atoms with Gasteiger partial charge in [-0.05, 0) is 24.6 Å². The van der Waals surface area contributed by atoms with Crippen LogP contribution in [0.5, 0.6) is 11.5 Å². The van der Waals surface area contributed by atoms with Gasteiger partial charge >= 0.3 is 0 Å². The summed E-state index contributed by atoms with van der Waals surface area (Å²) in [5.41, 5.74) is 8.18. The van der Waals surface area contributed by atoms with Gasteiger partial charge in [0.05, 0.1) is 24.7 Å². The van der Waals surface area contributed by atoms with Gasteiger partial charge in [0.25, 0.3) is 0 Å². The van der Waals surface area contributed by atoms with Gasteiger partial charge in [-0.1, -0.05) is 12.1 Å². The second-order valence-electron chi connectivity index (χ2n) is 3.99. The lowest BCUT2D eigenvalue weighted by molar-refractivity contribution is 0.302. The van der Waals surface area contributed by atoms with E-state index in [9.17, 15) is 0 Å². The number of anilines is 1. The van der Waals surface area contributed by atoms with Gasteiger partial charge in [0.15, 0.2) is 0 Å². The lowest BCUT2D eigenvalue weighted by Gasteiger charge is -2.09. The number of aryl methyl sites for hydroxylation is 1. The minimum atomic E-state index is 0.482. The average molecular weight is 244 g/mol. The summed E-state index contributed by atoms with van der Waals surface area (Å²) in [7, 11) is 1.65. The molecule has 1 aromatic heterocycles. The fourth-order valence-corrected chi connectivity index (χ4v) is 1.56. The van der Waals surface area contributed by atoms with E-state index in [0.717, 1.165) is 17.0 Å². The number of hydrogen-bond donors (Lipinski definition) is 1. The van der Waals surface area contributed by atoms with E-state index in [4.69, 9.17) is 15.2 Å². The lowest BCUT2D eigenvalue weighted by Crippen LogP contribution is -1.99. The molecule has 0 saturated heterocycles. The molecule has 1 heterocycles. The molecule has 4 nitrogen and oxygen atoms in total. The number of aromatic nitrogens is 1. The summed E-state index contributed by atoms with van der Waals surface area (Å²) in [5, 5.41) is 0. The maximum atomic E-state index is 5.69. The normalized spacial score (nSPS) is 10.1. The molecule has 1 aromatic carbocycles. The van der Waals surface area contributed by atoms with Crippen molar-refractivity contribution in [2.75, 3.05) is 12.8 Å². The second kappa shape index (κ2) is 5.40. The van der Waals surface area contributed by atoms with Gasteiger partial charge < -0.3 is 15.2 Å². The van der Waals surface area contributed by atoms with Crippen molar-refractivity contribution in [3.8, 4) is 11.5 Å². The van der Waals surface area contributed by atoms with Crippen molar-refractivity contribution >= 4 is 5.69 Å². The fraction of sp³-hybridized carbons (Fsp3) is 0.214. The first kappa shape index (κ1) is 12.2. The zero-order chi connectivity index (χ0) is 13.0. The molecule has 0 amide bonds. The number of nitrogen functional groups attached to an aromatic ring is 1. The number of hydrogen-bond acceptors (Lipinski definition) is 4. The Balaban J connectivity index is 2.04. The van der Waals surface area contributed by atoms with Crippen LogP contribution >= 0.6 is 0 Å². The highest BCUT2D eigenvalue weighted by Crippen LogP contribution is 2.20. The van der Waals surface area contributed by atoms with Crippen LogP contribution in [0.4, 0.5) is 5.69 Å². The number of nitrogens with two attached hydrogens (primary N) is 1. The molecule has 0 bridgehead atoms. The standard InChI is InChI=1S/C14H16N2O2/c1-10-14(7-12(15)8-16-10)18-9-11-3-5-13(17-2)6-4-11/h3-8H,9,15H2,1-2H3. The smallest absolute Gasteiger partial charge is 0.143 e. The first-order valence-corrected chi connectivity index (χ1v) is 5.67. The predicted molar refractivity (Wildman–Crippen MR) is 70.7 cm³/mol. The molecule has 2 N–H and O–H groups in total. The number of nitrogens with zero attached hydrogens (tertiary/aromatic N) is 1. The molecular weight excluding hydrogens is 228 g/mol. The van der Waals surface area contributed by atoms with Crippen LogP contribution in [-0.4, -0.2) is 12.1 Å². The molecule has 0 atom stereocenters. The van der Waals surface area contributed by atoms with Crippen LogP contribution in [0.2, 0.25) is 0 Å². The number of methoxy groups -OCH3 is 1. The molecule has 0 radical (unpaired) electrons. The van der Waals surface area contributed by atoms with Crippen molar-refractivity contribution in [1.29, 1.82) is 0 Å². The summed E-state index contributed by atoms with van der Waals surface area (Å²) in [6, 6.07) is 9.53. The number of ether oxygens (including phenoxy) is 2. The van der Waals surface area contributed by atoms with Crippen molar-refractivity contribution in [3.05, 3.63) is 47.8 Å². The topological polar surface area (TPSA) is 57.4 Å². The molecule has 0 fully saturated rings. The third kappa shape index (κ3) is 2.91. The minimum Gasteiger partial charge on any atom is -0.497 e. The highest BCUT2D eigenvalue weighted by atomic mass is 16.5. The zero-order valence-electron chi connectivity index (χ0n) is 10.5. The first-order chi connectivity index (χ1) is 8.69. The van der Waals surface area contributed by atoms with Crippen LogP contribution in [-0.2, 0) is 6.61 Å². The third-order valence-electron chi connectivity index (χ3n) is 2.62. The summed E-state index contributed by atoms with van der Waals surface area (Å²) in [6.45, 7) is 2.37. The largest absolute Gasteiger partial charge is 0.497 e. The Bertz CT molecular complexity index is 524. The Morgan fingerprint density at radius 3 is 2.61 bits per heavy atom. The monoisotopic (exact) mass is 244 g/mol. The van der Waals surface area contributed by atoms with E-state index >= 15 is 0 Å². The summed E-state index contributed by atoms with van der Waals surface area (Å²) >= 11 is 0. The maximum Gasteiger partial charge on any atom is 0.143 e. The molecule has 0 spiro atoms. The van der Waals surface area contributed by atoms with E-state index in [0.29, 0.717) is 18.0 Å². The summed E-state index contributed by atoms with van der Waals surface area (Å²) in [4.78, 5) is 4.15. The van der Waals surface area contributed by atoms with Crippen LogP contribution in [0.25, 0.3) is 0 Å². The Kier molecular flexibility index (Phi) is 3.67. The molecule has 0 aliphatic carbocycles. The molecule has 0 unspecified atom stereocenters. The van der Waals surface area contributed by atoms with Crippen LogP contribution in [0, 0.1) is 6.92 Å². The Labute approximate surface area is 106 Å². The van der Waals surface area contributed by atoms with E-state index in [-0.39, 0.29) is 0 Å². The van der Waals surface area contributed by atoms with Crippen molar-refractivity contribution in [1.82, 2.24) is 4.98 Å². The molecule has 2 rings (SSSR count). The molecule has 2 aromatic rings. The number of benzene rings is 1. The van der Waals surface area contributed by atoms with Gasteiger partial charge in [-0.25, -0.2) is 0 Å². The van der Waals surface area contributed by atoms with E-state index in [1.807, 2.05) is 31.2 Å². The van der Waals surface area contributed by atoms with E-state index in [2.05, 4.69) is 4.98 Å². The molecule has 94 valence electrons. The number of pyridine rings is 1. The van der Waals surface area contributed by atoms with Crippen molar-refractivity contribution in [2.45, 2.75) is 13.5 Å². The van der Waals surface area contributed by atoms with Crippen LogP contribution in [0.3, 0.4) is 0 Å². The quantitative estimate of drug-likeness (QED) is 0.898. The third-order valence-corrected chi connectivity index (χ3v) is 2.62. The van der Waals surface area contributed by atoms with Crippen LogP contribution < -0.4 is 15.2 Å². The Hall–Kier alpha value is -2.23. The van der Waals surface area contributed by atoms with Crippen molar-refractivity contribution in [3.63, 3.8) is 0 Å². The highest BCUT2D eigenvalue weighted by Gasteiger charge is 2.02. The second-order valence-corrected chi connectivity index (χ2v) is 3.99. The van der Waals surface area contributed by atoms with Gasteiger partial charge in [0.1, 0.15) is 18.1 Å². The molecular formula is C14H16N2O2. The SMILES string of the molecule is COc1ccc(COc2cc(N)cnc2C)cc1. The van der Waals surface area contributed by atoms with E-state index in [1.54, 1.807) is 19.4 Å². The van der Waals surface area contributed by atoms with Crippen molar-refractivity contribution < 1.29 is 9.47 Å². The van der Waals surface area contributed by atoms with E-state index < -0.39 is 0 Å². The summed E-state index contributed by atoms with van der Waals surface area (Å²) in [6.07, 6.45) is 1.62. The highest BCUT2D eigenvalue weighted by molar-refractivity contribution is 5.43. The predicted octanol–water partition coefficient (Wildman–Crippen LogP) is 2.56. The lowest BCUT2D eigenvalue weighted by atomic mass is 10.2. The van der Waals surface area contributed by atoms with Gasteiger partial charge in [0.2, 0.25) is 0 Å². The van der Waals surface area contributed by atoms with Crippen LogP contribution in [0.15, 0.2) is 36.5 Å².